The number of carbonyl (C=O) groups excluding carboxylic acids is 1. The summed E-state index contributed by atoms with van der Waals surface area (Å²) in [6.07, 6.45) is 1.61. The van der Waals surface area contributed by atoms with E-state index in [-0.39, 0.29) is 6.03 Å². The van der Waals surface area contributed by atoms with Crippen LogP contribution in [-0.2, 0) is 17.4 Å². The Morgan fingerprint density at radius 2 is 1.78 bits per heavy atom. The van der Waals surface area contributed by atoms with Crippen LogP contribution in [0.1, 0.15) is 5.56 Å². The monoisotopic (exact) mass is 332 g/mol. The van der Waals surface area contributed by atoms with Gasteiger partial charge in [-0.25, -0.2) is 4.79 Å². The third-order valence-corrected chi connectivity index (χ3v) is 3.86. The van der Waals surface area contributed by atoms with E-state index >= 15 is 0 Å². The summed E-state index contributed by atoms with van der Waals surface area (Å²) in [6.45, 7) is 0.733. The average molecular weight is 332 g/mol. The van der Waals surface area contributed by atoms with Gasteiger partial charge < -0.3 is 15.4 Å². The number of hydrogen-bond donors (Lipinski definition) is 2. The molecule has 0 saturated carbocycles. The number of hydrogen-bond acceptors (Lipinski definition) is 3. The van der Waals surface area contributed by atoms with Crippen molar-refractivity contribution in [1.82, 2.24) is 5.32 Å². The number of benzene rings is 2. The third-order valence-electron chi connectivity index (χ3n) is 3.08. The number of para-hydroxylation sites is 2. The molecule has 0 aliphatic rings. The summed E-state index contributed by atoms with van der Waals surface area (Å²) >= 11 is 0. The normalized spacial score (nSPS) is 11.5. The zero-order valence-corrected chi connectivity index (χ0v) is 13.8. The van der Waals surface area contributed by atoms with Crippen LogP contribution in [0.5, 0.6) is 5.75 Å². The van der Waals surface area contributed by atoms with Gasteiger partial charge in [0.25, 0.3) is 0 Å². The number of amides is 2. The lowest BCUT2D eigenvalue weighted by molar-refractivity contribution is 0.252. The number of carbonyl (C=O) groups is 1. The third kappa shape index (κ3) is 6.12. The fourth-order valence-corrected chi connectivity index (χ4v) is 2.31. The summed E-state index contributed by atoms with van der Waals surface area (Å²) in [5.41, 5.74) is 1.57. The van der Waals surface area contributed by atoms with Gasteiger partial charge in [0.15, 0.2) is 0 Å². The van der Waals surface area contributed by atoms with Gasteiger partial charge in [0.05, 0.1) is 0 Å². The zero-order valence-electron chi connectivity index (χ0n) is 13.0. The minimum atomic E-state index is -0.920. The molecule has 122 valence electrons. The van der Waals surface area contributed by atoms with Crippen molar-refractivity contribution in [2.24, 2.45) is 0 Å². The number of rotatable bonds is 7. The molecule has 2 aromatic carbocycles. The average Bonchev–Trinajstić information content (AvgIpc) is 2.54. The zero-order chi connectivity index (χ0) is 16.5. The Balaban J connectivity index is 1.92. The smallest absolute Gasteiger partial charge is 0.319 e. The van der Waals surface area contributed by atoms with Crippen LogP contribution in [-0.4, -0.2) is 28.8 Å². The quantitative estimate of drug-likeness (QED) is 0.819. The number of urea groups is 1. The summed E-state index contributed by atoms with van der Waals surface area (Å²) in [4.78, 5) is 11.9. The van der Waals surface area contributed by atoms with Crippen molar-refractivity contribution < 1.29 is 13.7 Å². The highest BCUT2D eigenvalue weighted by Gasteiger charge is 2.07. The van der Waals surface area contributed by atoms with Crippen molar-refractivity contribution in [2.75, 3.05) is 23.9 Å². The van der Waals surface area contributed by atoms with Gasteiger partial charge in [-0.2, -0.15) is 0 Å². The van der Waals surface area contributed by atoms with E-state index in [0.29, 0.717) is 24.6 Å². The highest BCUT2D eigenvalue weighted by molar-refractivity contribution is 7.84. The van der Waals surface area contributed by atoms with E-state index < -0.39 is 10.8 Å². The lowest BCUT2D eigenvalue weighted by Gasteiger charge is -2.12. The van der Waals surface area contributed by atoms with Crippen LogP contribution in [0.2, 0.25) is 0 Å². The molecule has 0 aliphatic heterocycles. The van der Waals surface area contributed by atoms with Crippen LogP contribution in [0.15, 0.2) is 54.6 Å². The minimum absolute atomic E-state index is 0.317. The second kappa shape index (κ2) is 8.95. The van der Waals surface area contributed by atoms with E-state index in [2.05, 4.69) is 10.6 Å². The Labute approximate surface area is 138 Å². The second-order valence-corrected chi connectivity index (χ2v) is 6.47. The Hall–Kier alpha value is -2.34. The lowest BCUT2D eigenvalue weighted by atomic mass is 10.2. The molecule has 0 spiro atoms. The maximum Gasteiger partial charge on any atom is 0.319 e. The van der Waals surface area contributed by atoms with Crippen molar-refractivity contribution in [1.29, 1.82) is 0 Å². The van der Waals surface area contributed by atoms with E-state index in [0.717, 1.165) is 11.3 Å². The van der Waals surface area contributed by atoms with Crippen LogP contribution in [0.4, 0.5) is 10.5 Å². The fraction of sp³-hybridized carbons (Fsp3) is 0.235. The minimum Gasteiger partial charge on any atom is -0.489 e. The molecule has 2 aromatic rings. The standard InChI is InChI=1S/C17H20N2O3S/c1-23(21)12-11-18-17(20)19-16-10-6-5-7-14(16)13-22-15-8-3-2-4-9-15/h2-10H,11-13H2,1H3,(H2,18,19,20). The molecule has 0 saturated heterocycles. The summed E-state index contributed by atoms with van der Waals surface area (Å²) < 4.78 is 16.7. The maximum absolute atomic E-state index is 11.9. The Morgan fingerprint density at radius 3 is 2.52 bits per heavy atom. The molecule has 0 radical (unpaired) electrons. The molecule has 0 fully saturated rings. The molecular weight excluding hydrogens is 312 g/mol. The molecule has 0 heterocycles. The number of anilines is 1. The first-order valence-electron chi connectivity index (χ1n) is 7.26. The van der Waals surface area contributed by atoms with Crippen LogP contribution >= 0.6 is 0 Å². The van der Waals surface area contributed by atoms with Gasteiger partial charge in [-0.15, -0.1) is 0 Å². The number of nitrogens with one attached hydrogen (secondary N) is 2. The van der Waals surface area contributed by atoms with Gasteiger partial charge in [-0.1, -0.05) is 36.4 Å². The molecule has 2 amide bonds. The van der Waals surface area contributed by atoms with E-state index in [9.17, 15) is 9.00 Å². The molecule has 0 aromatic heterocycles. The highest BCUT2D eigenvalue weighted by atomic mass is 32.2. The van der Waals surface area contributed by atoms with Crippen molar-refractivity contribution in [2.45, 2.75) is 6.61 Å². The Bertz CT molecular complexity index is 662. The molecule has 23 heavy (non-hydrogen) atoms. The predicted octanol–water partition coefficient (Wildman–Crippen LogP) is 2.77. The van der Waals surface area contributed by atoms with Gasteiger partial charge >= 0.3 is 6.03 Å². The first-order valence-corrected chi connectivity index (χ1v) is 8.98. The second-order valence-electron chi connectivity index (χ2n) is 4.92. The Morgan fingerprint density at radius 1 is 1.09 bits per heavy atom. The molecule has 0 bridgehead atoms. The highest BCUT2D eigenvalue weighted by Crippen LogP contribution is 2.18. The van der Waals surface area contributed by atoms with Crippen LogP contribution in [0.25, 0.3) is 0 Å². The van der Waals surface area contributed by atoms with Gasteiger partial charge in [-0.3, -0.25) is 4.21 Å². The molecular formula is C17H20N2O3S. The fourth-order valence-electron chi connectivity index (χ4n) is 1.92. The molecule has 2 rings (SSSR count). The van der Waals surface area contributed by atoms with E-state index in [1.54, 1.807) is 6.26 Å². The van der Waals surface area contributed by atoms with Gasteiger partial charge in [0.2, 0.25) is 0 Å². The first-order chi connectivity index (χ1) is 11.1. The summed E-state index contributed by atoms with van der Waals surface area (Å²) in [5.74, 6) is 1.21. The van der Waals surface area contributed by atoms with Gasteiger partial charge in [0, 0.05) is 40.6 Å². The van der Waals surface area contributed by atoms with Gasteiger partial charge in [0.1, 0.15) is 12.4 Å². The molecule has 2 N–H and O–H groups in total. The molecule has 0 aliphatic carbocycles. The van der Waals surface area contributed by atoms with Gasteiger partial charge in [-0.05, 0) is 18.2 Å². The molecule has 6 heteroatoms. The predicted molar refractivity (Wildman–Crippen MR) is 93.2 cm³/mol. The Kier molecular flexibility index (Phi) is 6.62. The summed E-state index contributed by atoms with van der Waals surface area (Å²) in [5, 5.41) is 5.47. The van der Waals surface area contributed by atoms with Crippen molar-refractivity contribution in [3.05, 3.63) is 60.2 Å². The van der Waals surface area contributed by atoms with Crippen molar-refractivity contribution in [3.63, 3.8) is 0 Å². The maximum atomic E-state index is 11.9. The summed E-state index contributed by atoms with van der Waals surface area (Å²) in [7, 11) is -0.920. The largest absolute Gasteiger partial charge is 0.489 e. The van der Waals surface area contributed by atoms with Crippen LogP contribution in [0, 0.1) is 0 Å². The molecule has 5 nitrogen and oxygen atoms in total. The molecule has 1 unspecified atom stereocenters. The first kappa shape index (κ1) is 17.0. The lowest BCUT2D eigenvalue weighted by Crippen LogP contribution is -2.32. The van der Waals surface area contributed by atoms with E-state index in [4.69, 9.17) is 4.74 Å². The van der Waals surface area contributed by atoms with Crippen LogP contribution in [0.3, 0.4) is 0 Å². The number of ether oxygens (including phenoxy) is 1. The van der Waals surface area contributed by atoms with Crippen molar-refractivity contribution >= 4 is 22.5 Å². The summed E-state index contributed by atoms with van der Waals surface area (Å²) in [6, 6.07) is 16.7. The SMILES string of the molecule is CS(=O)CCNC(=O)Nc1ccccc1COc1ccccc1. The van der Waals surface area contributed by atoms with Crippen molar-refractivity contribution in [3.8, 4) is 5.75 Å². The van der Waals surface area contributed by atoms with Crippen LogP contribution < -0.4 is 15.4 Å². The molecule has 1 atom stereocenters. The topological polar surface area (TPSA) is 67.4 Å². The van der Waals surface area contributed by atoms with E-state index in [1.165, 1.54) is 0 Å². The van der Waals surface area contributed by atoms with E-state index in [1.807, 2.05) is 54.6 Å².